The van der Waals surface area contributed by atoms with E-state index >= 15 is 0 Å². The molecule has 7 rings (SSSR count). The number of hydrogen-bond donors (Lipinski definition) is 3. The number of halogens is 1. The highest BCUT2D eigenvalue weighted by Gasteiger charge is 2.50. The van der Waals surface area contributed by atoms with Gasteiger partial charge in [0.15, 0.2) is 0 Å². The van der Waals surface area contributed by atoms with Crippen molar-refractivity contribution in [1.82, 2.24) is 9.55 Å². The average Bonchev–Trinajstić information content (AvgIpc) is 3.83. The standard InChI is InChI=1S/C27H44O3.C22H17ClN2/c1-18(8-9-19(2)26(3,4)30)24-12-13-25-21(7-6-14-27(24,25)5)11-10-20-15-22(28)17-23(29)16-20;23-21-14-8-7-13-20(21)22(25-16-15-24-17-25,18-9-3-1-4-10-18)19-11-5-2-6-12-19/h8-11,18-19,22-25,28-30H,6-7,12-17H2,1-5H3;1-17H/b9-8+,21-11+;/t18-,19+,22-,23-,24-,25+,27-;/m1./s1. The lowest BCUT2D eigenvalue weighted by atomic mass is 9.61. The zero-order valence-electron chi connectivity index (χ0n) is 33.4. The van der Waals surface area contributed by atoms with Crippen molar-refractivity contribution in [2.24, 2.45) is 29.1 Å². The number of nitrogens with zero attached hydrogens (tertiary/aromatic N) is 2. The summed E-state index contributed by atoms with van der Waals surface area (Å²) in [6, 6.07) is 28.8. The van der Waals surface area contributed by atoms with E-state index in [9.17, 15) is 15.3 Å². The van der Waals surface area contributed by atoms with Crippen molar-refractivity contribution in [1.29, 1.82) is 0 Å². The van der Waals surface area contributed by atoms with Gasteiger partial charge in [-0.05, 0) is 106 Å². The van der Waals surface area contributed by atoms with E-state index in [1.165, 1.54) is 37.7 Å². The molecule has 0 saturated heterocycles. The third kappa shape index (κ3) is 8.97. The van der Waals surface area contributed by atoms with Gasteiger partial charge in [-0.1, -0.05) is 147 Å². The summed E-state index contributed by atoms with van der Waals surface area (Å²) in [4.78, 5) is 4.31. The molecule has 3 aliphatic carbocycles. The van der Waals surface area contributed by atoms with Gasteiger partial charge in [-0.25, -0.2) is 4.98 Å². The topological polar surface area (TPSA) is 78.5 Å². The van der Waals surface area contributed by atoms with E-state index in [2.05, 4.69) is 109 Å². The zero-order chi connectivity index (χ0) is 39.2. The molecular formula is C49H61ClN2O3. The van der Waals surface area contributed by atoms with Crippen LogP contribution in [-0.4, -0.2) is 42.7 Å². The predicted octanol–water partition coefficient (Wildman–Crippen LogP) is 10.9. The van der Waals surface area contributed by atoms with Crippen molar-refractivity contribution >= 4 is 11.6 Å². The molecular weight excluding hydrogens is 700 g/mol. The Labute approximate surface area is 334 Å². The van der Waals surface area contributed by atoms with Crippen LogP contribution in [0.2, 0.25) is 5.02 Å². The second kappa shape index (κ2) is 17.6. The molecule has 0 bridgehead atoms. The van der Waals surface area contributed by atoms with Crippen LogP contribution in [0.5, 0.6) is 0 Å². The minimum Gasteiger partial charge on any atom is -0.393 e. The van der Waals surface area contributed by atoms with Crippen molar-refractivity contribution in [3.05, 3.63) is 161 Å². The molecule has 0 unspecified atom stereocenters. The van der Waals surface area contributed by atoms with Crippen molar-refractivity contribution in [3.63, 3.8) is 0 Å². The summed E-state index contributed by atoms with van der Waals surface area (Å²) in [6.07, 6.45) is 22.1. The molecule has 3 saturated carbocycles. The monoisotopic (exact) mass is 760 g/mol. The van der Waals surface area contributed by atoms with Crippen LogP contribution in [0.15, 0.2) is 139 Å². The van der Waals surface area contributed by atoms with Crippen molar-refractivity contribution in [2.75, 3.05) is 0 Å². The van der Waals surface area contributed by atoms with Gasteiger partial charge in [0.05, 0.1) is 24.1 Å². The number of aromatic nitrogens is 2. The number of aliphatic hydroxyl groups is 3. The van der Waals surface area contributed by atoms with E-state index in [-0.39, 0.29) is 5.92 Å². The zero-order valence-corrected chi connectivity index (χ0v) is 34.1. The molecule has 0 spiro atoms. The quantitative estimate of drug-likeness (QED) is 0.117. The molecule has 6 heteroatoms. The summed E-state index contributed by atoms with van der Waals surface area (Å²) in [5, 5.41) is 30.9. The molecule has 3 fully saturated rings. The second-order valence-electron chi connectivity index (χ2n) is 17.2. The summed E-state index contributed by atoms with van der Waals surface area (Å²) in [5.41, 5.74) is 5.13. The minimum atomic E-state index is -0.674. The molecule has 3 aliphatic rings. The third-order valence-corrected chi connectivity index (χ3v) is 13.4. The van der Waals surface area contributed by atoms with Crippen LogP contribution in [0.1, 0.15) is 103 Å². The van der Waals surface area contributed by atoms with E-state index in [0.717, 1.165) is 21.7 Å². The van der Waals surface area contributed by atoms with Gasteiger partial charge in [0.25, 0.3) is 0 Å². The lowest BCUT2D eigenvalue weighted by Crippen LogP contribution is -2.37. The van der Waals surface area contributed by atoms with Crippen LogP contribution in [0.3, 0.4) is 0 Å². The Balaban J connectivity index is 0.000000190. The first-order chi connectivity index (χ1) is 26.3. The van der Waals surface area contributed by atoms with Gasteiger partial charge in [-0.2, -0.15) is 0 Å². The second-order valence-corrected chi connectivity index (χ2v) is 17.6. The fourth-order valence-electron chi connectivity index (χ4n) is 9.87. The van der Waals surface area contributed by atoms with Gasteiger partial charge in [0.1, 0.15) is 5.54 Å². The molecule has 0 aliphatic heterocycles. The number of hydrogen-bond acceptors (Lipinski definition) is 4. The maximum atomic E-state index is 10.2. The Kier molecular flexibility index (Phi) is 13.1. The first kappa shape index (κ1) is 40.9. The number of fused-ring (bicyclic) bond motifs is 1. The van der Waals surface area contributed by atoms with Gasteiger partial charge in [-0.15, -0.1) is 0 Å². The smallest absolute Gasteiger partial charge is 0.123 e. The van der Waals surface area contributed by atoms with Crippen LogP contribution < -0.4 is 0 Å². The highest BCUT2D eigenvalue weighted by Crippen LogP contribution is 2.59. The molecule has 1 heterocycles. The van der Waals surface area contributed by atoms with Crippen LogP contribution in [0, 0.1) is 29.1 Å². The summed E-state index contributed by atoms with van der Waals surface area (Å²) >= 11 is 6.69. The van der Waals surface area contributed by atoms with Gasteiger partial charge in [0, 0.05) is 28.9 Å². The highest BCUT2D eigenvalue weighted by molar-refractivity contribution is 6.31. The number of rotatable bonds is 9. The van der Waals surface area contributed by atoms with E-state index in [0.29, 0.717) is 42.4 Å². The molecule has 5 nitrogen and oxygen atoms in total. The fraction of sp³-hybridized carbons (Fsp3) is 0.449. The number of allylic oxidation sites excluding steroid dienone is 4. The molecule has 3 N–H and O–H groups in total. The first-order valence-corrected chi connectivity index (χ1v) is 20.7. The maximum Gasteiger partial charge on any atom is 0.123 e. The van der Waals surface area contributed by atoms with Crippen molar-refractivity contribution in [3.8, 4) is 0 Å². The third-order valence-electron chi connectivity index (χ3n) is 13.1. The average molecular weight is 761 g/mol. The number of benzene rings is 3. The number of aliphatic hydroxyl groups excluding tert-OH is 2. The predicted molar refractivity (Wildman–Crippen MR) is 226 cm³/mol. The summed E-state index contributed by atoms with van der Waals surface area (Å²) in [5.74, 6) is 2.00. The molecule has 0 amide bonds. The molecule has 3 aromatic carbocycles. The molecule has 7 atom stereocenters. The van der Waals surface area contributed by atoms with Gasteiger partial charge >= 0.3 is 0 Å². The molecule has 55 heavy (non-hydrogen) atoms. The van der Waals surface area contributed by atoms with Gasteiger partial charge in [-0.3, -0.25) is 0 Å². The van der Waals surface area contributed by atoms with E-state index in [1.54, 1.807) is 11.8 Å². The van der Waals surface area contributed by atoms with Crippen LogP contribution in [0.4, 0.5) is 0 Å². The lowest BCUT2D eigenvalue weighted by Gasteiger charge is -2.44. The van der Waals surface area contributed by atoms with Crippen LogP contribution in [-0.2, 0) is 5.54 Å². The molecule has 0 radical (unpaired) electrons. The van der Waals surface area contributed by atoms with E-state index in [4.69, 9.17) is 11.6 Å². The van der Waals surface area contributed by atoms with Crippen molar-refractivity contribution in [2.45, 2.75) is 109 Å². The Morgan fingerprint density at radius 3 is 2.05 bits per heavy atom. The Morgan fingerprint density at radius 2 is 1.47 bits per heavy atom. The van der Waals surface area contributed by atoms with Crippen LogP contribution in [0.25, 0.3) is 0 Å². The molecule has 292 valence electrons. The number of imidazole rings is 1. The first-order valence-electron chi connectivity index (χ1n) is 20.3. The highest BCUT2D eigenvalue weighted by atomic mass is 35.5. The SMILES string of the molecule is C[C@H](/C=C/[C@H](C)C(C)(C)O)[C@H]1CC[C@H]2/C(=C/C=C3C[C@@H](O)C[C@H](O)C3)CCC[C@]12C.Clc1ccccc1C(c1ccccc1)(c1ccccc1)n1ccnc1. The van der Waals surface area contributed by atoms with Crippen molar-refractivity contribution < 1.29 is 15.3 Å². The minimum absolute atomic E-state index is 0.152. The Bertz CT molecular complexity index is 1860. The summed E-state index contributed by atoms with van der Waals surface area (Å²) in [7, 11) is 0. The van der Waals surface area contributed by atoms with Gasteiger partial charge in [0.2, 0.25) is 0 Å². The largest absolute Gasteiger partial charge is 0.393 e. The van der Waals surface area contributed by atoms with Crippen LogP contribution >= 0.6 is 11.6 Å². The lowest BCUT2D eigenvalue weighted by molar-refractivity contribution is 0.0436. The molecule has 1 aromatic heterocycles. The van der Waals surface area contributed by atoms with Gasteiger partial charge < -0.3 is 19.9 Å². The van der Waals surface area contributed by atoms with E-state index < -0.39 is 23.3 Å². The maximum absolute atomic E-state index is 10.2. The molecule has 4 aromatic rings. The Hall–Kier alpha value is -3.74. The fourth-order valence-corrected chi connectivity index (χ4v) is 10.1. The summed E-state index contributed by atoms with van der Waals surface area (Å²) in [6.45, 7) is 10.7. The van der Waals surface area contributed by atoms with E-state index in [1.807, 2.05) is 56.7 Å². The normalized spacial score (nSPS) is 26.3. The summed E-state index contributed by atoms with van der Waals surface area (Å²) < 4.78 is 2.12. The Morgan fingerprint density at radius 1 is 0.855 bits per heavy atom.